The van der Waals surface area contributed by atoms with Gasteiger partial charge in [0.15, 0.2) is 0 Å². The van der Waals surface area contributed by atoms with Gasteiger partial charge in [-0.25, -0.2) is 0 Å². The normalized spacial score (nSPS) is 38.1. The zero-order valence-electron chi connectivity index (χ0n) is 14.1. The maximum absolute atomic E-state index is 6.31. The maximum Gasteiger partial charge on any atom is 0.0347 e. The van der Waals surface area contributed by atoms with E-state index < -0.39 is 0 Å². The van der Waals surface area contributed by atoms with Crippen LogP contribution in [0.15, 0.2) is 0 Å². The Morgan fingerprint density at radius 1 is 1.10 bits per heavy atom. The first-order valence-electron chi connectivity index (χ1n) is 8.71. The second-order valence-electron chi connectivity index (χ2n) is 7.47. The van der Waals surface area contributed by atoms with E-state index in [1.165, 1.54) is 51.7 Å². The fourth-order valence-electron chi connectivity index (χ4n) is 4.33. The van der Waals surface area contributed by atoms with Gasteiger partial charge in [0.2, 0.25) is 0 Å². The van der Waals surface area contributed by atoms with Gasteiger partial charge in [-0.3, -0.25) is 4.90 Å². The summed E-state index contributed by atoms with van der Waals surface area (Å²) in [4.78, 5) is 5.42. The number of nitrogens with zero attached hydrogens (tertiary/aromatic N) is 2. The second-order valence-corrected chi connectivity index (χ2v) is 7.47. The van der Waals surface area contributed by atoms with Crippen molar-refractivity contribution in [3.05, 3.63) is 0 Å². The molecule has 0 saturated carbocycles. The second kappa shape index (κ2) is 6.76. The van der Waals surface area contributed by atoms with Crippen molar-refractivity contribution in [3.63, 3.8) is 0 Å². The number of likely N-dealkylation sites (tertiary alicyclic amines) is 2. The molecule has 0 radical (unpaired) electrons. The van der Waals surface area contributed by atoms with E-state index in [2.05, 4.69) is 37.5 Å². The molecule has 0 aromatic heterocycles. The van der Waals surface area contributed by atoms with Gasteiger partial charge in [-0.1, -0.05) is 6.92 Å². The molecule has 118 valence electrons. The van der Waals surface area contributed by atoms with Crippen molar-refractivity contribution in [1.82, 2.24) is 9.80 Å². The van der Waals surface area contributed by atoms with E-state index >= 15 is 0 Å². The summed E-state index contributed by atoms with van der Waals surface area (Å²) < 4.78 is 0. The highest BCUT2D eigenvalue weighted by Gasteiger charge is 2.41. The quantitative estimate of drug-likeness (QED) is 0.863. The Labute approximate surface area is 125 Å². The molecule has 2 aliphatic heterocycles. The van der Waals surface area contributed by atoms with E-state index in [9.17, 15) is 0 Å². The van der Waals surface area contributed by atoms with Gasteiger partial charge in [0, 0.05) is 30.7 Å². The molecule has 20 heavy (non-hydrogen) atoms. The Morgan fingerprint density at radius 3 is 2.50 bits per heavy atom. The molecule has 2 heterocycles. The third-order valence-corrected chi connectivity index (χ3v) is 6.04. The van der Waals surface area contributed by atoms with E-state index in [0.717, 1.165) is 12.5 Å². The molecular formula is C17H35N3. The fraction of sp³-hybridized carbons (Fsp3) is 1.00. The lowest BCUT2D eigenvalue weighted by molar-refractivity contribution is -0.00502. The monoisotopic (exact) mass is 281 g/mol. The number of nitrogens with two attached hydrogens (primary N) is 1. The van der Waals surface area contributed by atoms with E-state index in [-0.39, 0.29) is 5.54 Å². The lowest BCUT2D eigenvalue weighted by atomic mass is 9.81. The predicted octanol–water partition coefficient (Wildman–Crippen LogP) is 2.70. The number of hydrogen-bond acceptors (Lipinski definition) is 3. The van der Waals surface area contributed by atoms with Crippen LogP contribution >= 0.6 is 0 Å². The summed E-state index contributed by atoms with van der Waals surface area (Å²) >= 11 is 0. The zero-order chi connectivity index (χ0) is 14.8. The molecule has 0 aromatic carbocycles. The van der Waals surface area contributed by atoms with E-state index in [1.54, 1.807) is 0 Å². The SMILES string of the molecule is CC1CCCN(C2(CN)CCCN(C(C)C)CC2)C1C. The summed E-state index contributed by atoms with van der Waals surface area (Å²) in [6.45, 7) is 14.0. The Morgan fingerprint density at radius 2 is 1.85 bits per heavy atom. The predicted molar refractivity (Wildman–Crippen MR) is 86.9 cm³/mol. The summed E-state index contributed by atoms with van der Waals surface area (Å²) in [7, 11) is 0. The molecule has 3 nitrogen and oxygen atoms in total. The summed E-state index contributed by atoms with van der Waals surface area (Å²) in [6, 6.07) is 1.36. The Hall–Kier alpha value is -0.120. The minimum absolute atomic E-state index is 0.262. The number of hydrogen-bond donors (Lipinski definition) is 1. The zero-order valence-corrected chi connectivity index (χ0v) is 14.1. The van der Waals surface area contributed by atoms with Crippen molar-refractivity contribution in [2.75, 3.05) is 26.2 Å². The van der Waals surface area contributed by atoms with E-state index in [0.29, 0.717) is 12.1 Å². The Balaban J connectivity index is 2.12. The first-order chi connectivity index (χ1) is 9.50. The average Bonchev–Trinajstić information content (AvgIpc) is 2.65. The van der Waals surface area contributed by atoms with Gasteiger partial charge in [0.25, 0.3) is 0 Å². The molecule has 2 rings (SSSR count). The van der Waals surface area contributed by atoms with Crippen molar-refractivity contribution in [2.45, 2.75) is 77.4 Å². The Kier molecular flexibility index (Phi) is 5.49. The van der Waals surface area contributed by atoms with Crippen LogP contribution < -0.4 is 5.73 Å². The molecule has 0 aromatic rings. The molecule has 3 heteroatoms. The first kappa shape index (κ1) is 16.3. The molecule has 0 bridgehead atoms. The topological polar surface area (TPSA) is 32.5 Å². The van der Waals surface area contributed by atoms with Gasteiger partial charge in [-0.05, 0) is 71.9 Å². The van der Waals surface area contributed by atoms with Crippen molar-refractivity contribution >= 4 is 0 Å². The Bertz CT molecular complexity index is 305. The smallest absolute Gasteiger partial charge is 0.0347 e. The molecule has 0 amide bonds. The standard InChI is InChI=1S/C17H35N3/c1-14(2)19-10-6-8-17(13-18,9-12-19)20-11-5-7-15(3)16(20)4/h14-16H,5-13,18H2,1-4H3. The van der Waals surface area contributed by atoms with Crippen LogP contribution in [0.4, 0.5) is 0 Å². The van der Waals surface area contributed by atoms with Gasteiger partial charge in [-0.2, -0.15) is 0 Å². The molecular weight excluding hydrogens is 246 g/mol. The highest BCUT2D eigenvalue weighted by molar-refractivity contribution is 4.99. The number of rotatable bonds is 3. The van der Waals surface area contributed by atoms with Crippen molar-refractivity contribution in [2.24, 2.45) is 11.7 Å². The third-order valence-electron chi connectivity index (χ3n) is 6.04. The van der Waals surface area contributed by atoms with E-state index in [4.69, 9.17) is 5.73 Å². The minimum Gasteiger partial charge on any atom is -0.329 e. The van der Waals surface area contributed by atoms with Crippen LogP contribution in [0.5, 0.6) is 0 Å². The van der Waals surface area contributed by atoms with Gasteiger partial charge < -0.3 is 10.6 Å². The van der Waals surface area contributed by atoms with Crippen molar-refractivity contribution < 1.29 is 0 Å². The first-order valence-corrected chi connectivity index (χ1v) is 8.71. The third kappa shape index (κ3) is 3.20. The molecule has 3 atom stereocenters. The lowest BCUT2D eigenvalue weighted by Crippen LogP contribution is -2.60. The van der Waals surface area contributed by atoms with Crippen LogP contribution in [0.2, 0.25) is 0 Å². The largest absolute Gasteiger partial charge is 0.329 e. The van der Waals surface area contributed by atoms with Crippen LogP contribution in [-0.2, 0) is 0 Å². The van der Waals surface area contributed by atoms with Crippen LogP contribution in [0.1, 0.15) is 59.8 Å². The lowest BCUT2D eigenvalue weighted by Gasteiger charge is -2.50. The van der Waals surface area contributed by atoms with Crippen molar-refractivity contribution in [3.8, 4) is 0 Å². The fourth-order valence-corrected chi connectivity index (χ4v) is 4.33. The molecule has 3 unspecified atom stereocenters. The molecule has 2 saturated heterocycles. The van der Waals surface area contributed by atoms with Crippen LogP contribution in [0.25, 0.3) is 0 Å². The molecule has 2 fully saturated rings. The summed E-state index contributed by atoms with van der Waals surface area (Å²) in [5.41, 5.74) is 6.57. The van der Waals surface area contributed by atoms with Crippen LogP contribution in [0, 0.1) is 5.92 Å². The van der Waals surface area contributed by atoms with Crippen LogP contribution in [0.3, 0.4) is 0 Å². The maximum atomic E-state index is 6.31. The minimum atomic E-state index is 0.262. The molecule has 0 spiro atoms. The van der Waals surface area contributed by atoms with E-state index in [1.807, 2.05) is 0 Å². The molecule has 2 aliphatic rings. The molecule has 2 N–H and O–H groups in total. The van der Waals surface area contributed by atoms with Gasteiger partial charge in [-0.15, -0.1) is 0 Å². The summed E-state index contributed by atoms with van der Waals surface area (Å²) in [5, 5.41) is 0. The average molecular weight is 281 g/mol. The van der Waals surface area contributed by atoms with Gasteiger partial charge in [0.05, 0.1) is 0 Å². The number of piperidine rings is 1. The molecule has 0 aliphatic carbocycles. The van der Waals surface area contributed by atoms with Gasteiger partial charge in [0.1, 0.15) is 0 Å². The van der Waals surface area contributed by atoms with Crippen molar-refractivity contribution in [1.29, 1.82) is 0 Å². The summed E-state index contributed by atoms with van der Waals surface area (Å²) in [6.07, 6.45) is 6.56. The highest BCUT2D eigenvalue weighted by atomic mass is 15.3. The van der Waals surface area contributed by atoms with Gasteiger partial charge >= 0.3 is 0 Å². The summed E-state index contributed by atoms with van der Waals surface area (Å²) in [5.74, 6) is 0.816. The van der Waals surface area contributed by atoms with Crippen LogP contribution in [-0.4, -0.2) is 53.6 Å². The highest BCUT2D eigenvalue weighted by Crippen LogP contribution is 2.35.